The van der Waals surface area contributed by atoms with E-state index in [1.54, 1.807) is 31.3 Å². The van der Waals surface area contributed by atoms with Gasteiger partial charge in [-0.2, -0.15) is 0 Å². The number of aromatic nitrogens is 2. The van der Waals surface area contributed by atoms with Gasteiger partial charge in [0, 0.05) is 20.1 Å². The number of ether oxygens (including phenoxy) is 1. The van der Waals surface area contributed by atoms with Gasteiger partial charge in [0.05, 0.1) is 23.7 Å². The first-order chi connectivity index (χ1) is 14.8. The van der Waals surface area contributed by atoms with Crippen molar-refractivity contribution in [2.75, 3.05) is 7.05 Å². The maximum Gasteiger partial charge on any atom is 0.308 e. The second-order valence-corrected chi connectivity index (χ2v) is 7.42. The molecule has 7 nitrogen and oxygen atoms in total. The van der Waals surface area contributed by atoms with Crippen LogP contribution in [0, 0.1) is 12.7 Å². The van der Waals surface area contributed by atoms with Crippen molar-refractivity contribution in [3.63, 3.8) is 0 Å². The molecule has 2 aromatic carbocycles. The van der Waals surface area contributed by atoms with E-state index < -0.39 is 18.0 Å². The second-order valence-electron chi connectivity index (χ2n) is 7.42. The third kappa shape index (κ3) is 5.33. The Morgan fingerprint density at radius 3 is 2.71 bits per heavy atom. The SMILES string of the molecule is Cc1cccc2c(=O)n(CCC(=O)OC(C)C(=O)N(C)Cc3cccc(F)c3)cnc12. The quantitative estimate of drug-likeness (QED) is 0.544. The Morgan fingerprint density at radius 1 is 1.23 bits per heavy atom. The monoisotopic (exact) mass is 425 g/mol. The Labute approximate surface area is 179 Å². The van der Waals surface area contributed by atoms with Gasteiger partial charge in [-0.25, -0.2) is 9.37 Å². The van der Waals surface area contributed by atoms with Crippen LogP contribution in [0.25, 0.3) is 10.9 Å². The number of hydrogen-bond donors (Lipinski definition) is 0. The summed E-state index contributed by atoms with van der Waals surface area (Å²) in [5, 5.41) is 0.485. The zero-order valence-corrected chi connectivity index (χ0v) is 17.7. The zero-order valence-electron chi connectivity index (χ0n) is 17.7. The van der Waals surface area contributed by atoms with Crippen LogP contribution in [0.15, 0.2) is 53.6 Å². The molecule has 162 valence electrons. The molecule has 0 N–H and O–H groups in total. The van der Waals surface area contributed by atoms with Crippen LogP contribution in [-0.4, -0.2) is 39.5 Å². The highest BCUT2D eigenvalue weighted by Crippen LogP contribution is 2.12. The number of esters is 1. The Balaban J connectivity index is 1.56. The van der Waals surface area contributed by atoms with Crippen molar-refractivity contribution in [3.8, 4) is 0 Å². The van der Waals surface area contributed by atoms with Gasteiger partial charge in [0.1, 0.15) is 5.82 Å². The van der Waals surface area contributed by atoms with Crippen molar-refractivity contribution in [1.82, 2.24) is 14.5 Å². The highest BCUT2D eigenvalue weighted by molar-refractivity contribution is 5.83. The minimum atomic E-state index is -1.000. The number of aryl methyl sites for hydroxylation is 2. The van der Waals surface area contributed by atoms with Gasteiger partial charge in [0.2, 0.25) is 0 Å². The summed E-state index contributed by atoms with van der Waals surface area (Å²) >= 11 is 0. The molecule has 8 heteroatoms. The number of fused-ring (bicyclic) bond motifs is 1. The number of rotatable bonds is 7. The number of benzene rings is 2. The smallest absolute Gasteiger partial charge is 0.308 e. The van der Waals surface area contributed by atoms with Gasteiger partial charge < -0.3 is 9.64 Å². The van der Waals surface area contributed by atoms with E-state index in [2.05, 4.69) is 4.98 Å². The lowest BCUT2D eigenvalue weighted by Gasteiger charge is -2.21. The van der Waals surface area contributed by atoms with Crippen LogP contribution in [0.3, 0.4) is 0 Å². The number of para-hydroxylation sites is 1. The normalized spacial score (nSPS) is 11.9. The molecule has 0 spiro atoms. The molecule has 0 aliphatic carbocycles. The van der Waals surface area contributed by atoms with E-state index in [0.717, 1.165) is 5.56 Å². The summed E-state index contributed by atoms with van der Waals surface area (Å²) in [6.45, 7) is 3.64. The maximum absolute atomic E-state index is 13.3. The summed E-state index contributed by atoms with van der Waals surface area (Å²) in [4.78, 5) is 42.9. The highest BCUT2D eigenvalue weighted by atomic mass is 19.1. The fourth-order valence-electron chi connectivity index (χ4n) is 3.31. The minimum absolute atomic E-state index is 0.0792. The third-order valence-electron chi connectivity index (χ3n) is 4.95. The van der Waals surface area contributed by atoms with Crippen LogP contribution in [0.1, 0.15) is 24.5 Å². The predicted octanol–water partition coefficient (Wildman–Crippen LogP) is 2.82. The van der Waals surface area contributed by atoms with E-state index in [4.69, 9.17) is 4.74 Å². The predicted molar refractivity (Wildman–Crippen MR) is 114 cm³/mol. The molecule has 0 aliphatic rings. The zero-order chi connectivity index (χ0) is 22.5. The average molecular weight is 425 g/mol. The molecule has 0 fully saturated rings. The molecule has 3 rings (SSSR count). The molecule has 1 aromatic heterocycles. The molecule has 0 radical (unpaired) electrons. The maximum atomic E-state index is 13.3. The highest BCUT2D eigenvalue weighted by Gasteiger charge is 2.22. The molecule has 0 saturated heterocycles. The first kappa shape index (κ1) is 22.1. The third-order valence-corrected chi connectivity index (χ3v) is 4.95. The minimum Gasteiger partial charge on any atom is -0.452 e. The van der Waals surface area contributed by atoms with E-state index in [1.165, 1.54) is 34.9 Å². The van der Waals surface area contributed by atoms with Crippen molar-refractivity contribution in [2.24, 2.45) is 0 Å². The Hall–Kier alpha value is -3.55. The summed E-state index contributed by atoms with van der Waals surface area (Å²) in [5.74, 6) is -1.39. The average Bonchev–Trinajstić information content (AvgIpc) is 2.73. The van der Waals surface area contributed by atoms with Crippen molar-refractivity contribution in [1.29, 1.82) is 0 Å². The Kier molecular flexibility index (Phi) is 6.79. The first-order valence-corrected chi connectivity index (χ1v) is 9.90. The number of hydrogen-bond acceptors (Lipinski definition) is 5. The van der Waals surface area contributed by atoms with Gasteiger partial charge in [-0.05, 0) is 43.2 Å². The molecular formula is C23H24FN3O4. The number of amides is 1. The molecule has 31 heavy (non-hydrogen) atoms. The molecular weight excluding hydrogens is 401 g/mol. The van der Waals surface area contributed by atoms with E-state index in [0.29, 0.717) is 16.5 Å². The molecule has 3 aromatic rings. The van der Waals surface area contributed by atoms with E-state index >= 15 is 0 Å². The number of carbonyl (C=O) groups excluding carboxylic acids is 2. The van der Waals surface area contributed by atoms with Crippen LogP contribution in [0.2, 0.25) is 0 Å². The Morgan fingerprint density at radius 2 is 1.97 bits per heavy atom. The molecule has 0 saturated carbocycles. The molecule has 1 unspecified atom stereocenters. The van der Waals surface area contributed by atoms with E-state index in [-0.39, 0.29) is 30.9 Å². The second kappa shape index (κ2) is 9.51. The molecule has 1 heterocycles. The molecule has 1 atom stereocenters. The van der Waals surface area contributed by atoms with Crippen LogP contribution in [-0.2, 0) is 27.4 Å². The standard InChI is InChI=1S/C23H24FN3O4/c1-15-6-4-9-19-21(15)25-14-27(23(19)30)11-10-20(28)31-16(2)22(29)26(3)13-17-7-5-8-18(24)12-17/h4-9,12,14,16H,10-11,13H2,1-3H3. The lowest BCUT2D eigenvalue weighted by atomic mass is 10.1. The van der Waals surface area contributed by atoms with Gasteiger partial charge in [0.25, 0.3) is 11.5 Å². The van der Waals surface area contributed by atoms with E-state index in [1.807, 2.05) is 13.0 Å². The van der Waals surface area contributed by atoms with Gasteiger partial charge in [-0.15, -0.1) is 0 Å². The summed E-state index contributed by atoms with van der Waals surface area (Å²) in [6.07, 6.45) is 0.330. The van der Waals surface area contributed by atoms with Crippen molar-refractivity contribution in [2.45, 2.75) is 39.5 Å². The lowest BCUT2D eigenvalue weighted by molar-refractivity contribution is -0.158. The van der Waals surface area contributed by atoms with Crippen LogP contribution >= 0.6 is 0 Å². The van der Waals surface area contributed by atoms with Crippen LogP contribution in [0.5, 0.6) is 0 Å². The van der Waals surface area contributed by atoms with Crippen molar-refractivity contribution in [3.05, 3.63) is 76.1 Å². The number of halogens is 1. The fraction of sp³-hybridized carbons (Fsp3) is 0.304. The fourth-order valence-corrected chi connectivity index (χ4v) is 3.31. The van der Waals surface area contributed by atoms with E-state index in [9.17, 15) is 18.8 Å². The van der Waals surface area contributed by atoms with Gasteiger partial charge >= 0.3 is 5.97 Å². The molecule has 1 amide bonds. The van der Waals surface area contributed by atoms with Gasteiger partial charge in [-0.3, -0.25) is 19.0 Å². The molecule has 0 aliphatic heterocycles. The number of carbonyl (C=O) groups is 2. The van der Waals surface area contributed by atoms with Crippen molar-refractivity contribution >= 4 is 22.8 Å². The summed E-state index contributed by atoms with van der Waals surface area (Å²) in [5.41, 5.74) is 1.93. The van der Waals surface area contributed by atoms with Crippen molar-refractivity contribution < 1.29 is 18.7 Å². The summed E-state index contributed by atoms with van der Waals surface area (Å²) in [7, 11) is 1.56. The molecule has 0 bridgehead atoms. The topological polar surface area (TPSA) is 81.5 Å². The van der Waals surface area contributed by atoms with Gasteiger partial charge in [0.15, 0.2) is 6.10 Å². The van der Waals surface area contributed by atoms with Crippen LogP contribution < -0.4 is 5.56 Å². The Bertz CT molecular complexity index is 1170. The van der Waals surface area contributed by atoms with Crippen LogP contribution in [0.4, 0.5) is 4.39 Å². The summed E-state index contributed by atoms with van der Waals surface area (Å²) < 4.78 is 19.9. The summed E-state index contributed by atoms with van der Waals surface area (Å²) in [6, 6.07) is 11.3. The first-order valence-electron chi connectivity index (χ1n) is 9.90. The van der Waals surface area contributed by atoms with Gasteiger partial charge in [-0.1, -0.05) is 24.3 Å². The number of nitrogens with zero attached hydrogens (tertiary/aromatic N) is 3. The number of likely N-dealkylation sites (N-methyl/N-ethyl adjacent to an activating group) is 1. The largest absolute Gasteiger partial charge is 0.452 e. The lowest BCUT2D eigenvalue weighted by Crippen LogP contribution is -2.37.